The Morgan fingerprint density at radius 3 is 2.50 bits per heavy atom. The standard InChI is InChI=1S/C26H20/c1-2-8-19(9-3-1)14-15-21-16-17-24-23-13-7-6-12-22(23)18-25(24)26(21)20-10-4-5-11-20/h1-10,12-13,15-18H,11,14H2. The second-order valence-corrected chi connectivity index (χ2v) is 6.94. The van der Waals surface area contributed by atoms with Crippen LogP contribution in [0.4, 0.5) is 0 Å². The molecular formula is C26H20. The highest BCUT2D eigenvalue weighted by Gasteiger charge is 2.13. The van der Waals surface area contributed by atoms with E-state index in [1.165, 1.54) is 43.1 Å². The lowest BCUT2D eigenvalue weighted by atomic mass is 9.94. The average Bonchev–Trinajstić information content (AvgIpc) is 3.34. The lowest BCUT2D eigenvalue weighted by Gasteiger charge is -2.09. The van der Waals surface area contributed by atoms with Gasteiger partial charge in [-0.1, -0.05) is 91.0 Å². The molecule has 2 aliphatic rings. The summed E-state index contributed by atoms with van der Waals surface area (Å²) in [4.78, 5) is 0. The summed E-state index contributed by atoms with van der Waals surface area (Å²) in [5, 5.41) is 5.38. The van der Waals surface area contributed by atoms with Crippen LogP contribution in [-0.2, 0) is 6.42 Å². The second kappa shape index (κ2) is 6.31. The number of fused-ring (bicyclic) bond motifs is 2. The van der Waals surface area contributed by atoms with E-state index >= 15 is 0 Å². The molecule has 0 amide bonds. The molecule has 0 bridgehead atoms. The van der Waals surface area contributed by atoms with Crippen LogP contribution < -0.4 is 10.4 Å². The van der Waals surface area contributed by atoms with E-state index in [9.17, 15) is 0 Å². The number of hydrogen-bond acceptors (Lipinski definition) is 0. The normalized spacial score (nSPS) is 14.8. The van der Waals surface area contributed by atoms with Gasteiger partial charge < -0.3 is 0 Å². The van der Waals surface area contributed by atoms with Crippen molar-refractivity contribution in [1.82, 2.24) is 0 Å². The van der Waals surface area contributed by atoms with Crippen LogP contribution in [0.2, 0.25) is 0 Å². The summed E-state index contributed by atoms with van der Waals surface area (Å²) in [6, 6.07) is 24.0. The van der Waals surface area contributed by atoms with Crippen molar-refractivity contribution in [2.24, 2.45) is 0 Å². The highest BCUT2D eigenvalue weighted by molar-refractivity contribution is 5.79. The quantitative estimate of drug-likeness (QED) is 0.519. The fourth-order valence-corrected chi connectivity index (χ4v) is 4.05. The van der Waals surface area contributed by atoms with Gasteiger partial charge in [-0.3, -0.25) is 0 Å². The van der Waals surface area contributed by atoms with E-state index in [0.717, 1.165) is 12.8 Å². The summed E-state index contributed by atoms with van der Waals surface area (Å²) in [6.07, 6.45) is 13.4. The van der Waals surface area contributed by atoms with Crippen molar-refractivity contribution in [2.75, 3.05) is 0 Å². The van der Waals surface area contributed by atoms with Crippen LogP contribution >= 0.6 is 0 Å². The summed E-state index contributed by atoms with van der Waals surface area (Å²) in [7, 11) is 0. The molecule has 26 heavy (non-hydrogen) atoms. The molecular weight excluding hydrogens is 312 g/mol. The fourth-order valence-electron chi connectivity index (χ4n) is 4.05. The second-order valence-electron chi connectivity index (χ2n) is 6.94. The Kier molecular flexibility index (Phi) is 3.68. The van der Waals surface area contributed by atoms with Crippen molar-refractivity contribution >= 4 is 17.7 Å². The van der Waals surface area contributed by atoms with Crippen molar-refractivity contribution in [3.8, 4) is 0 Å². The van der Waals surface area contributed by atoms with Crippen LogP contribution in [0, 0.1) is 10.4 Å². The lowest BCUT2D eigenvalue weighted by molar-refractivity contribution is 1.30. The molecule has 0 heteroatoms. The van der Waals surface area contributed by atoms with E-state index < -0.39 is 0 Å². The predicted octanol–water partition coefficient (Wildman–Crippen LogP) is 4.48. The van der Waals surface area contributed by atoms with E-state index in [1.807, 2.05) is 0 Å². The minimum absolute atomic E-state index is 0.959. The van der Waals surface area contributed by atoms with Gasteiger partial charge in [0.25, 0.3) is 0 Å². The van der Waals surface area contributed by atoms with Crippen LogP contribution in [0.1, 0.15) is 23.1 Å². The first-order chi connectivity index (χ1) is 12.9. The Bertz CT molecular complexity index is 1260. The molecule has 3 aromatic rings. The van der Waals surface area contributed by atoms with Crippen molar-refractivity contribution < 1.29 is 0 Å². The molecule has 0 nitrogen and oxygen atoms in total. The van der Waals surface area contributed by atoms with Gasteiger partial charge in [0, 0.05) is 0 Å². The molecule has 0 N–H and O–H groups in total. The van der Waals surface area contributed by atoms with Crippen molar-refractivity contribution in [1.29, 1.82) is 0 Å². The number of rotatable bonds is 3. The van der Waals surface area contributed by atoms with Crippen LogP contribution in [0.15, 0.2) is 85.0 Å². The molecule has 0 unspecified atom stereocenters. The predicted molar refractivity (Wildman–Crippen MR) is 110 cm³/mol. The molecule has 0 aromatic heterocycles. The zero-order chi connectivity index (χ0) is 17.3. The third-order valence-corrected chi connectivity index (χ3v) is 5.32. The maximum absolute atomic E-state index is 2.38. The maximum Gasteiger partial charge on any atom is -0.00728 e. The molecule has 0 aliphatic heterocycles. The van der Waals surface area contributed by atoms with E-state index in [1.54, 1.807) is 0 Å². The van der Waals surface area contributed by atoms with Gasteiger partial charge in [-0.15, -0.1) is 0 Å². The van der Waals surface area contributed by atoms with Crippen LogP contribution in [0.25, 0.3) is 17.7 Å². The number of allylic oxidation sites excluding steroid dienone is 4. The van der Waals surface area contributed by atoms with E-state index in [0.29, 0.717) is 0 Å². The van der Waals surface area contributed by atoms with Gasteiger partial charge >= 0.3 is 0 Å². The molecule has 0 saturated carbocycles. The van der Waals surface area contributed by atoms with E-state index in [-0.39, 0.29) is 0 Å². The summed E-state index contributed by atoms with van der Waals surface area (Å²) in [6.45, 7) is 0. The lowest BCUT2D eigenvalue weighted by Crippen LogP contribution is -2.11. The summed E-state index contributed by atoms with van der Waals surface area (Å²) in [5.74, 6) is 0. The average molecular weight is 332 g/mol. The minimum Gasteiger partial charge on any atom is -0.0801 e. The highest BCUT2D eigenvalue weighted by atomic mass is 14.2. The van der Waals surface area contributed by atoms with Gasteiger partial charge in [0.15, 0.2) is 0 Å². The molecule has 124 valence electrons. The molecule has 2 aliphatic carbocycles. The Balaban J connectivity index is 1.74. The molecule has 5 rings (SSSR count). The first kappa shape index (κ1) is 15.2. The van der Waals surface area contributed by atoms with Gasteiger partial charge in [-0.25, -0.2) is 0 Å². The summed E-state index contributed by atoms with van der Waals surface area (Å²) in [5.41, 5.74) is 5.55. The zero-order valence-corrected chi connectivity index (χ0v) is 14.7. The van der Waals surface area contributed by atoms with Gasteiger partial charge in [0.2, 0.25) is 0 Å². The smallest absolute Gasteiger partial charge is 0.00728 e. The molecule has 0 radical (unpaired) electrons. The Labute approximate surface area is 153 Å². The van der Waals surface area contributed by atoms with Gasteiger partial charge in [0.05, 0.1) is 0 Å². The third kappa shape index (κ3) is 2.55. The number of hydrogen-bond donors (Lipinski definition) is 0. The summed E-state index contributed by atoms with van der Waals surface area (Å²) < 4.78 is 0. The zero-order valence-electron chi connectivity index (χ0n) is 14.7. The van der Waals surface area contributed by atoms with Crippen LogP contribution in [0.5, 0.6) is 0 Å². The Morgan fingerprint density at radius 1 is 0.808 bits per heavy atom. The number of benzene rings is 3. The molecule has 3 aromatic carbocycles. The minimum atomic E-state index is 0.959. The monoisotopic (exact) mass is 332 g/mol. The van der Waals surface area contributed by atoms with Crippen molar-refractivity contribution in [3.05, 3.63) is 123 Å². The molecule has 0 fully saturated rings. The molecule has 0 atom stereocenters. The Hall–Kier alpha value is -3.12. The van der Waals surface area contributed by atoms with Gasteiger partial charge in [-0.2, -0.15) is 0 Å². The first-order valence-corrected chi connectivity index (χ1v) is 9.24. The van der Waals surface area contributed by atoms with Crippen molar-refractivity contribution in [2.45, 2.75) is 12.8 Å². The SMILES string of the molecule is C1=CCC(c2c3c(ccc2=CCc2ccccc2)=c2ccccc2=C3)=C1. The van der Waals surface area contributed by atoms with Gasteiger partial charge in [-0.05, 0) is 62.1 Å². The summed E-state index contributed by atoms with van der Waals surface area (Å²) >= 11 is 0. The van der Waals surface area contributed by atoms with Gasteiger partial charge in [0.1, 0.15) is 0 Å². The first-order valence-electron chi connectivity index (χ1n) is 9.24. The van der Waals surface area contributed by atoms with E-state index in [2.05, 4.69) is 97.1 Å². The Morgan fingerprint density at radius 2 is 1.65 bits per heavy atom. The largest absolute Gasteiger partial charge is 0.0801 e. The third-order valence-electron chi connectivity index (χ3n) is 5.32. The fraction of sp³-hybridized carbons (Fsp3) is 0.0769. The molecule has 0 saturated heterocycles. The molecule has 0 spiro atoms. The topological polar surface area (TPSA) is 0 Å². The van der Waals surface area contributed by atoms with E-state index in [4.69, 9.17) is 0 Å². The maximum atomic E-state index is 2.38. The van der Waals surface area contributed by atoms with Crippen molar-refractivity contribution in [3.63, 3.8) is 0 Å². The van der Waals surface area contributed by atoms with Crippen LogP contribution in [-0.4, -0.2) is 0 Å². The molecule has 0 heterocycles. The highest BCUT2D eigenvalue weighted by Crippen LogP contribution is 2.26. The van der Waals surface area contributed by atoms with Crippen LogP contribution in [0.3, 0.4) is 0 Å².